The monoisotopic (exact) mass is 450 g/mol. The number of nitrogens with zero attached hydrogens (tertiary/aromatic N) is 1. The molecule has 11 heteroatoms. The van der Waals surface area contributed by atoms with Crippen LogP contribution < -0.4 is 10.1 Å². The highest BCUT2D eigenvalue weighted by Crippen LogP contribution is 2.30. The third-order valence-corrected chi connectivity index (χ3v) is 6.39. The van der Waals surface area contributed by atoms with Crippen molar-refractivity contribution in [2.75, 3.05) is 45.3 Å². The van der Waals surface area contributed by atoms with E-state index < -0.39 is 28.5 Å². The molecule has 31 heavy (non-hydrogen) atoms. The van der Waals surface area contributed by atoms with Crippen molar-refractivity contribution in [2.45, 2.75) is 4.90 Å². The van der Waals surface area contributed by atoms with Gasteiger partial charge in [0.25, 0.3) is 5.91 Å². The van der Waals surface area contributed by atoms with Crippen LogP contribution in [0.25, 0.3) is 0 Å². The molecule has 1 fully saturated rings. The number of morpholine rings is 1. The molecular weight excluding hydrogens is 428 g/mol. The second-order valence-electron chi connectivity index (χ2n) is 6.55. The minimum atomic E-state index is -3.86. The molecular formula is C20H22N2O8S. The number of carbonyl (C=O) groups excluding carboxylic acids is 2. The smallest absolute Gasteiger partial charge is 0.338 e. The zero-order chi connectivity index (χ0) is 22.4. The van der Waals surface area contributed by atoms with E-state index in [4.69, 9.17) is 14.2 Å². The maximum Gasteiger partial charge on any atom is 0.338 e. The van der Waals surface area contributed by atoms with Crippen LogP contribution in [0.5, 0.6) is 11.5 Å². The van der Waals surface area contributed by atoms with Gasteiger partial charge in [0.05, 0.1) is 25.9 Å². The lowest BCUT2D eigenvalue weighted by Gasteiger charge is -2.26. The summed E-state index contributed by atoms with van der Waals surface area (Å²) in [6.07, 6.45) is 0. The van der Waals surface area contributed by atoms with Gasteiger partial charge in [-0.15, -0.1) is 0 Å². The molecule has 0 spiro atoms. The summed E-state index contributed by atoms with van der Waals surface area (Å²) in [6, 6.07) is 9.59. The fourth-order valence-electron chi connectivity index (χ4n) is 2.89. The zero-order valence-electron chi connectivity index (χ0n) is 16.7. The van der Waals surface area contributed by atoms with Crippen molar-refractivity contribution < 1.29 is 37.3 Å². The van der Waals surface area contributed by atoms with Crippen LogP contribution in [0.2, 0.25) is 0 Å². The van der Waals surface area contributed by atoms with E-state index >= 15 is 0 Å². The first-order valence-electron chi connectivity index (χ1n) is 9.33. The first-order valence-corrected chi connectivity index (χ1v) is 10.8. The van der Waals surface area contributed by atoms with E-state index in [0.29, 0.717) is 13.2 Å². The Morgan fingerprint density at radius 2 is 1.81 bits per heavy atom. The Bertz CT molecular complexity index is 1050. The Kier molecular flexibility index (Phi) is 7.10. The van der Waals surface area contributed by atoms with E-state index in [1.165, 1.54) is 53.9 Å². The highest BCUT2D eigenvalue weighted by molar-refractivity contribution is 7.89. The summed E-state index contributed by atoms with van der Waals surface area (Å²) in [5.74, 6) is -1.24. The van der Waals surface area contributed by atoms with E-state index in [2.05, 4.69) is 5.32 Å². The van der Waals surface area contributed by atoms with E-state index in [1.54, 1.807) is 0 Å². The molecule has 10 nitrogen and oxygen atoms in total. The van der Waals surface area contributed by atoms with E-state index in [9.17, 15) is 23.1 Å². The SMILES string of the molecule is COc1ccc(NC(=O)COC(=O)c2ccc(O)cc2)cc1S(=O)(=O)N1CCOCC1. The van der Waals surface area contributed by atoms with Gasteiger partial charge in [0, 0.05) is 18.8 Å². The Labute approximate surface area is 179 Å². The number of aromatic hydroxyl groups is 1. The van der Waals surface area contributed by atoms with Crippen LogP contribution in [0.15, 0.2) is 47.4 Å². The number of anilines is 1. The molecule has 0 radical (unpaired) electrons. The quantitative estimate of drug-likeness (QED) is 0.602. The maximum absolute atomic E-state index is 13.0. The molecule has 0 saturated carbocycles. The lowest BCUT2D eigenvalue weighted by atomic mass is 10.2. The molecule has 1 amide bonds. The van der Waals surface area contributed by atoms with Crippen LogP contribution in [0.3, 0.4) is 0 Å². The van der Waals surface area contributed by atoms with Crippen molar-refractivity contribution in [3.05, 3.63) is 48.0 Å². The molecule has 1 aliphatic heterocycles. The van der Waals surface area contributed by atoms with Crippen molar-refractivity contribution in [3.63, 3.8) is 0 Å². The molecule has 0 bridgehead atoms. The minimum Gasteiger partial charge on any atom is -0.508 e. The van der Waals surface area contributed by atoms with Crippen LogP contribution in [-0.4, -0.2) is 69.7 Å². The molecule has 0 atom stereocenters. The predicted octanol–water partition coefficient (Wildman–Crippen LogP) is 1.22. The molecule has 0 aromatic heterocycles. The second kappa shape index (κ2) is 9.77. The maximum atomic E-state index is 13.0. The average molecular weight is 450 g/mol. The van der Waals surface area contributed by atoms with Crippen molar-refractivity contribution in [2.24, 2.45) is 0 Å². The van der Waals surface area contributed by atoms with Crippen LogP contribution >= 0.6 is 0 Å². The van der Waals surface area contributed by atoms with Crippen LogP contribution in [0.1, 0.15) is 10.4 Å². The van der Waals surface area contributed by atoms with E-state index in [0.717, 1.165) is 0 Å². The summed E-state index contributed by atoms with van der Waals surface area (Å²) in [6.45, 7) is 0.455. The number of nitrogens with one attached hydrogen (secondary N) is 1. The number of rotatable bonds is 7. The van der Waals surface area contributed by atoms with Gasteiger partial charge in [0.1, 0.15) is 16.4 Å². The summed E-state index contributed by atoms with van der Waals surface area (Å²) in [5.41, 5.74) is 0.382. The third kappa shape index (κ3) is 5.51. The standard InChI is InChI=1S/C20H22N2O8S/c1-28-17-7-4-15(12-18(17)31(26,27)22-8-10-29-11-9-22)21-19(24)13-30-20(25)14-2-5-16(23)6-3-14/h2-7,12,23H,8-11,13H2,1H3,(H,21,24). The average Bonchev–Trinajstić information content (AvgIpc) is 2.78. The Morgan fingerprint density at radius 1 is 1.13 bits per heavy atom. The van der Waals surface area contributed by atoms with Gasteiger partial charge in [-0.2, -0.15) is 4.31 Å². The summed E-state index contributed by atoms with van der Waals surface area (Å²) >= 11 is 0. The Morgan fingerprint density at radius 3 is 2.45 bits per heavy atom. The molecule has 166 valence electrons. The number of amides is 1. The number of benzene rings is 2. The predicted molar refractivity (Wildman–Crippen MR) is 110 cm³/mol. The van der Waals surface area contributed by atoms with Gasteiger partial charge >= 0.3 is 5.97 Å². The zero-order valence-corrected chi connectivity index (χ0v) is 17.6. The summed E-state index contributed by atoms with van der Waals surface area (Å²) in [5, 5.41) is 11.7. The minimum absolute atomic E-state index is 0.00312. The molecule has 0 unspecified atom stereocenters. The Hall–Kier alpha value is -3.15. The van der Waals surface area contributed by atoms with Crippen LogP contribution in [0, 0.1) is 0 Å². The van der Waals surface area contributed by atoms with Gasteiger partial charge in [-0.3, -0.25) is 4.79 Å². The van der Waals surface area contributed by atoms with Gasteiger partial charge in [-0.25, -0.2) is 13.2 Å². The third-order valence-electron chi connectivity index (χ3n) is 4.47. The van der Waals surface area contributed by atoms with Crippen molar-refractivity contribution in [1.82, 2.24) is 4.31 Å². The lowest BCUT2D eigenvalue weighted by molar-refractivity contribution is -0.119. The topological polar surface area (TPSA) is 131 Å². The van der Waals surface area contributed by atoms with Gasteiger partial charge in [0.2, 0.25) is 10.0 Å². The number of carbonyl (C=O) groups is 2. The first-order chi connectivity index (χ1) is 14.8. The molecule has 0 aliphatic carbocycles. The van der Waals surface area contributed by atoms with Gasteiger partial charge in [0.15, 0.2) is 6.61 Å². The van der Waals surface area contributed by atoms with Crippen molar-refractivity contribution in [1.29, 1.82) is 0 Å². The van der Waals surface area contributed by atoms with Crippen LogP contribution in [0.4, 0.5) is 5.69 Å². The normalized spacial score (nSPS) is 14.6. The highest BCUT2D eigenvalue weighted by Gasteiger charge is 2.29. The molecule has 2 aromatic rings. The molecule has 3 rings (SSSR count). The molecule has 1 heterocycles. The van der Waals surface area contributed by atoms with Gasteiger partial charge in [-0.05, 0) is 42.5 Å². The number of esters is 1. The summed E-state index contributed by atoms with van der Waals surface area (Å²) in [7, 11) is -2.50. The number of sulfonamides is 1. The van der Waals surface area contributed by atoms with Crippen LogP contribution in [-0.2, 0) is 24.3 Å². The van der Waals surface area contributed by atoms with Crippen molar-refractivity contribution >= 4 is 27.6 Å². The van der Waals surface area contributed by atoms with E-state index in [-0.39, 0.29) is 40.7 Å². The molecule has 1 aliphatic rings. The number of methoxy groups -OCH3 is 1. The fraction of sp³-hybridized carbons (Fsp3) is 0.300. The lowest BCUT2D eigenvalue weighted by Crippen LogP contribution is -2.40. The Balaban J connectivity index is 1.68. The summed E-state index contributed by atoms with van der Waals surface area (Å²) in [4.78, 5) is 24.1. The molecule has 2 aromatic carbocycles. The fourth-order valence-corrected chi connectivity index (χ4v) is 4.48. The second-order valence-corrected chi connectivity index (χ2v) is 8.46. The first kappa shape index (κ1) is 22.5. The largest absolute Gasteiger partial charge is 0.508 e. The molecule has 1 saturated heterocycles. The number of hydrogen-bond acceptors (Lipinski definition) is 8. The van der Waals surface area contributed by atoms with Gasteiger partial charge < -0.3 is 24.6 Å². The van der Waals surface area contributed by atoms with Crippen molar-refractivity contribution in [3.8, 4) is 11.5 Å². The number of phenolic OH excluding ortho intramolecular Hbond substituents is 1. The molecule has 2 N–H and O–H groups in total. The number of ether oxygens (including phenoxy) is 3. The highest BCUT2D eigenvalue weighted by atomic mass is 32.2. The number of hydrogen-bond donors (Lipinski definition) is 2. The van der Waals surface area contributed by atoms with Gasteiger partial charge in [-0.1, -0.05) is 0 Å². The summed E-state index contributed by atoms with van der Waals surface area (Å²) < 4.78 is 42.6. The van der Waals surface area contributed by atoms with E-state index in [1.807, 2.05) is 0 Å². The number of phenols is 1.